The lowest BCUT2D eigenvalue weighted by Gasteiger charge is -2.11. The van der Waals surface area contributed by atoms with Gasteiger partial charge in [-0.25, -0.2) is 9.97 Å². The minimum atomic E-state index is -0.173. The lowest BCUT2D eigenvalue weighted by atomic mass is 10.0. The molecule has 1 aromatic carbocycles. The minimum absolute atomic E-state index is 0.173. The van der Waals surface area contributed by atoms with Crippen molar-refractivity contribution < 1.29 is 4.79 Å². The number of rotatable bonds is 6. The number of benzene rings is 1. The zero-order valence-corrected chi connectivity index (χ0v) is 19.3. The Hall–Kier alpha value is -3.25. The number of nitrogens with zero attached hydrogens (tertiary/aromatic N) is 3. The molecule has 3 aromatic heterocycles. The van der Waals surface area contributed by atoms with Crippen LogP contribution in [0.5, 0.6) is 0 Å². The first-order chi connectivity index (χ1) is 15.5. The summed E-state index contributed by atoms with van der Waals surface area (Å²) < 4.78 is 2.02. The Bertz CT molecular complexity index is 1280. The average molecular weight is 443 g/mol. The van der Waals surface area contributed by atoms with E-state index in [4.69, 9.17) is 4.98 Å². The second-order valence-electron chi connectivity index (χ2n) is 8.70. The van der Waals surface area contributed by atoms with E-state index in [1.165, 1.54) is 18.4 Å². The first-order valence-corrected chi connectivity index (χ1v) is 11.9. The highest BCUT2D eigenvalue weighted by atomic mass is 32.1. The van der Waals surface area contributed by atoms with Gasteiger partial charge in [-0.1, -0.05) is 26.0 Å². The normalized spacial score (nSPS) is 13.5. The molecular formula is C26H26N4OS. The van der Waals surface area contributed by atoms with Gasteiger partial charge in [-0.2, -0.15) is 0 Å². The maximum atomic E-state index is 13.0. The van der Waals surface area contributed by atoms with Crippen LogP contribution in [0.2, 0.25) is 0 Å². The number of aromatic nitrogens is 3. The van der Waals surface area contributed by atoms with Gasteiger partial charge in [-0.05, 0) is 72.5 Å². The number of carbonyl (C=O) groups is 1. The van der Waals surface area contributed by atoms with E-state index in [1.807, 2.05) is 54.2 Å². The topological polar surface area (TPSA) is 59.8 Å². The van der Waals surface area contributed by atoms with E-state index in [0.29, 0.717) is 23.2 Å². The van der Waals surface area contributed by atoms with Gasteiger partial charge < -0.3 is 9.88 Å². The number of hydrogen-bond acceptors (Lipinski definition) is 4. The molecule has 162 valence electrons. The smallest absolute Gasteiger partial charge is 0.256 e. The zero-order chi connectivity index (χ0) is 22.2. The van der Waals surface area contributed by atoms with Gasteiger partial charge in [0.1, 0.15) is 5.82 Å². The molecule has 1 aliphatic carbocycles. The van der Waals surface area contributed by atoms with Crippen LogP contribution in [0.3, 0.4) is 0 Å². The molecule has 1 saturated carbocycles. The maximum absolute atomic E-state index is 13.0. The van der Waals surface area contributed by atoms with Crippen LogP contribution in [-0.4, -0.2) is 20.4 Å². The average Bonchev–Trinajstić information content (AvgIpc) is 3.31. The Morgan fingerprint density at radius 1 is 1.19 bits per heavy atom. The number of pyridine rings is 1. The van der Waals surface area contributed by atoms with E-state index in [9.17, 15) is 4.79 Å². The van der Waals surface area contributed by atoms with E-state index >= 15 is 0 Å². The van der Waals surface area contributed by atoms with Crippen molar-refractivity contribution in [2.75, 3.05) is 5.32 Å². The number of hydrogen-bond donors (Lipinski definition) is 1. The van der Waals surface area contributed by atoms with Crippen LogP contribution in [0, 0.1) is 6.92 Å². The number of carbonyl (C=O) groups excluding carboxylic acids is 1. The van der Waals surface area contributed by atoms with Crippen LogP contribution in [0.25, 0.3) is 16.3 Å². The van der Waals surface area contributed by atoms with Crippen LogP contribution < -0.4 is 5.32 Å². The molecule has 5 nitrogen and oxygen atoms in total. The van der Waals surface area contributed by atoms with Crippen molar-refractivity contribution in [3.63, 3.8) is 0 Å². The van der Waals surface area contributed by atoms with Crippen LogP contribution in [0.4, 0.5) is 5.82 Å². The Balaban J connectivity index is 1.39. The molecule has 0 aliphatic heterocycles. The molecule has 1 fully saturated rings. The third-order valence-electron chi connectivity index (χ3n) is 5.89. The molecule has 0 radical (unpaired) electrons. The Kier molecular flexibility index (Phi) is 5.39. The van der Waals surface area contributed by atoms with Crippen LogP contribution in [-0.2, 0) is 0 Å². The fraction of sp³-hybridized carbons (Fsp3) is 0.269. The lowest BCUT2D eigenvalue weighted by molar-refractivity contribution is 0.102. The van der Waals surface area contributed by atoms with Gasteiger partial charge >= 0.3 is 0 Å². The largest absolute Gasteiger partial charge is 0.307 e. The van der Waals surface area contributed by atoms with Crippen molar-refractivity contribution in [3.8, 4) is 16.3 Å². The molecule has 1 aliphatic rings. The number of amides is 1. The molecule has 4 aromatic rings. The Morgan fingerprint density at radius 2 is 2.03 bits per heavy atom. The van der Waals surface area contributed by atoms with Gasteiger partial charge in [0.2, 0.25) is 0 Å². The standard InChI is InChI=1S/C26H26N4OS/c1-16(2)20-11-12-32-25(20)21-5-4-6-24(28-21)29-26(31)19-8-7-17(3)23(13-19)30-14-22(27-15-30)18-9-10-18/h4-8,11-16,18H,9-10H2,1-3H3,(H,28,29,31). The number of anilines is 1. The first-order valence-electron chi connectivity index (χ1n) is 11.0. The van der Waals surface area contributed by atoms with E-state index in [0.717, 1.165) is 27.5 Å². The number of aryl methyl sites for hydroxylation is 1. The highest BCUT2D eigenvalue weighted by molar-refractivity contribution is 7.13. The van der Waals surface area contributed by atoms with Gasteiger partial charge in [-0.15, -0.1) is 11.3 Å². The molecule has 3 heterocycles. The summed E-state index contributed by atoms with van der Waals surface area (Å²) >= 11 is 1.68. The summed E-state index contributed by atoms with van der Waals surface area (Å²) in [6.07, 6.45) is 6.36. The van der Waals surface area contributed by atoms with Gasteiger partial charge in [-0.3, -0.25) is 4.79 Å². The fourth-order valence-electron chi connectivity index (χ4n) is 3.89. The molecule has 0 unspecified atom stereocenters. The van der Waals surface area contributed by atoms with Crippen LogP contribution >= 0.6 is 11.3 Å². The third kappa shape index (κ3) is 4.10. The van der Waals surface area contributed by atoms with E-state index < -0.39 is 0 Å². The summed E-state index contributed by atoms with van der Waals surface area (Å²) in [5.74, 6) is 1.40. The van der Waals surface area contributed by atoms with E-state index in [2.05, 4.69) is 41.8 Å². The predicted octanol–water partition coefficient (Wildman–Crippen LogP) is 6.56. The Labute approximate surface area is 192 Å². The van der Waals surface area contributed by atoms with Crippen molar-refractivity contribution in [3.05, 3.63) is 82.8 Å². The molecule has 0 atom stereocenters. The van der Waals surface area contributed by atoms with Gasteiger partial charge in [0.25, 0.3) is 5.91 Å². The molecular weight excluding hydrogens is 416 g/mol. The number of nitrogens with one attached hydrogen (secondary N) is 1. The maximum Gasteiger partial charge on any atom is 0.256 e. The van der Waals surface area contributed by atoms with Crippen molar-refractivity contribution in [2.24, 2.45) is 0 Å². The SMILES string of the molecule is Cc1ccc(C(=O)Nc2cccc(-c3sccc3C(C)C)n2)cc1-n1cnc(C2CC2)c1. The highest BCUT2D eigenvalue weighted by Gasteiger charge is 2.26. The zero-order valence-electron chi connectivity index (χ0n) is 18.5. The molecule has 0 spiro atoms. The molecule has 0 bridgehead atoms. The summed E-state index contributed by atoms with van der Waals surface area (Å²) in [7, 11) is 0. The summed E-state index contributed by atoms with van der Waals surface area (Å²) in [6.45, 7) is 6.41. The summed E-state index contributed by atoms with van der Waals surface area (Å²) in [6, 6.07) is 13.7. The first kappa shape index (κ1) is 20.6. The van der Waals surface area contributed by atoms with Crippen molar-refractivity contribution in [1.82, 2.24) is 14.5 Å². The summed E-state index contributed by atoms with van der Waals surface area (Å²) in [5.41, 5.74) is 5.96. The van der Waals surface area contributed by atoms with Gasteiger partial charge in [0, 0.05) is 17.7 Å². The van der Waals surface area contributed by atoms with Crippen LogP contribution in [0.15, 0.2) is 60.4 Å². The second kappa shape index (κ2) is 8.36. The van der Waals surface area contributed by atoms with E-state index in [-0.39, 0.29) is 5.91 Å². The molecule has 6 heteroatoms. The number of imidazole rings is 1. The monoisotopic (exact) mass is 442 g/mol. The van der Waals surface area contributed by atoms with Crippen molar-refractivity contribution in [1.29, 1.82) is 0 Å². The van der Waals surface area contributed by atoms with Crippen LogP contribution in [0.1, 0.15) is 65.7 Å². The molecule has 32 heavy (non-hydrogen) atoms. The van der Waals surface area contributed by atoms with Gasteiger partial charge in [0.05, 0.1) is 28.3 Å². The van der Waals surface area contributed by atoms with E-state index in [1.54, 1.807) is 11.3 Å². The highest BCUT2D eigenvalue weighted by Crippen LogP contribution is 2.39. The third-order valence-corrected chi connectivity index (χ3v) is 6.84. The quantitative estimate of drug-likeness (QED) is 0.368. The minimum Gasteiger partial charge on any atom is -0.307 e. The van der Waals surface area contributed by atoms with Crippen molar-refractivity contribution in [2.45, 2.75) is 45.4 Å². The van der Waals surface area contributed by atoms with Crippen molar-refractivity contribution >= 4 is 23.1 Å². The molecule has 1 N–H and O–H groups in total. The predicted molar refractivity (Wildman–Crippen MR) is 130 cm³/mol. The molecule has 0 saturated heterocycles. The fourth-order valence-corrected chi connectivity index (χ4v) is 4.91. The Morgan fingerprint density at radius 3 is 2.81 bits per heavy atom. The lowest BCUT2D eigenvalue weighted by Crippen LogP contribution is -2.14. The summed E-state index contributed by atoms with van der Waals surface area (Å²) in [4.78, 5) is 23.4. The molecule has 5 rings (SSSR count). The summed E-state index contributed by atoms with van der Waals surface area (Å²) in [5, 5.41) is 5.06. The number of thiophene rings is 1. The van der Waals surface area contributed by atoms with Gasteiger partial charge in [0.15, 0.2) is 0 Å². The molecule has 1 amide bonds. The second-order valence-corrected chi connectivity index (χ2v) is 9.62.